The van der Waals surface area contributed by atoms with Crippen LogP contribution in [-0.2, 0) is 19.4 Å². The first-order chi connectivity index (χ1) is 13.7. The van der Waals surface area contributed by atoms with Crippen LogP contribution in [0.15, 0.2) is 36.7 Å². The number of imidazole rings is 1. The van der Waals surface area contributed by atoms with Crippen LogP contribution < -0.4 is 16.0 Å². The summed E-state index contributed by atoms with van der Waals surface area (Å²) in [5.41, 5.74) is 4.60. The summed E-state index contributed by atoms with van der Waals surface area (Å²) in [4.78, 5) is 21.1. The Morgan fingerprint density at radius 2 is 2.21 bits per heavy atom. The van der Waals surface area contributed by atoms with E-state index in [4.69, 9.17) is 5.11 Å². The molecule has 146 valence electrons. The molecule has 0 saturated carbocycles. The number of aliphatic hydroxyl groups is 1. The number of rotatable bonds is 6. The second-order valence-electron chi connectivity index (χ2n) is 6.84. The second-order valence-corrected chi connectivity index (χ2v) is 6.84. The van der Waals surface area contributed by atoms with Gasteiger partial charge in [-0.25, -0.2) is 14.8 Å². The van der Waals surface area contributed by atoms with Gasteiger partial charge < -0.3 is 25.6 Å². The van der Waals surface area contributed by atoms with Crippen molar-refractivity contribution in [2.45, 2.75) is 25.8 Å². The summed E-state index contributed by atoms with van der Waals surface area (Å²) in [5, 5.41) is 18.2. The third-order valence-corrected chi connectivity index (χ3v) is 4.84. The van der Waals surface area contributed by atoms with Gasteiger partial charge in [-0.1, -0.05) is 6.07 Å². The Hall–Kier alpha value is -3.13. The number of anilines is 2. The molecule has 0 fully saturated rings. The number of nitrogens with one attached hydrogen (secondary N) is 3. The van der Waals surface area contributed by atoms with Gasteiger partial charge in [-0.2, -0.15) is 0 Å². The predicted molar refractivity (Wildman–Crippen MR) is 109 cm³/mol. The monoisotopic (exact) mass is 380 g/mol. The zero-order chi connectivity index (χ0) is 19.3. The lowest BCUT2D eigenvalue weighted by atomic mass is 10.1. The van der Waals surface area contributed by atoms with Crippen molar-refractivity contribution in [1.29, 1.82) is 0 Å². The zero-order valence-electron chi connectivity index (χ0n) is 15.6. The van der Waals surface area contributed by atoms with Crippen molar-refractivity contribution in [3.63, 3.8) is 0 Å². The molecule has 2 amide bonds. The molecule has 1 aromatic carbocycles. The number of hydrogen-bond acceptors (Lipinski definition) is 5. The number of amides is 2. The predicted octanol–water partition coefficient (Wildman–Crippen LogP) is 2.15. The van der Waals surface area contributed by atoms with Gasteiger partial charge in [0.2, 0.25) is 0 Å². The van der Waals surface area contributed by atoms with Crippen LogP contribution in [-0.4, -0.2) is 45.4 Å². The van der Waals surface area contributed by atoms with Crippen molar-refractivity contribution < 1.29 is 9.90 Å². The summed E-state index contributed by atoms with van der Waals surface area (Å²) in [7, 11) is 0. The van der Waals surface area contributed by atoms with Gasteiger partial charge in [0.1, 0.15) is 5.82 Å². The van der Waals surface area contributed by atoms with Crippen LogP contribution in [0.3, 0.4) is 0 Å². The average Bonchev–Trinajstić information content (AvgIpc) is 3.10. The molecule has 28 heavy (non-hydrogen) atoms. The second kappa shape index (κ2) is 8.26. The minimum atomic E-state index is -0.261. The van der Waals surface area contributed by atoms with Gasteiger partial charge in [0.25, 0.3) is 0 Å². The topological polar surface area (TPSA) is 104 Å². The number of pyridine rings is 1. The van der Waals surface area contributed by atoms with Gasteiger partial charge in [-0.05, 0) is 42.7 Å². The van der Waals surface area contributed by atoms with Gasteiger partial charge >= 0.3 is 6.03 Å². The SMILES string of the molecule is O=C(NCCc1ccc2c(n1)NCCC2)Nc1ccc2ncn(CCO)c2c1. The van der Waals surface area contributed by atoms with E-state index in [-0.39, 0.29) is 12.6 Å². The fourth-order valence-corrected chi connectivity index (χ4v) is 3.41. The van der Waals surface area contributed by atoms with Crippen LogP contribution >= 0.6 is 0 Å². The first kappa shape index (κ1) is 18.2. The molecule has 4 N–H and O–H groups in total. The number of carbonyl (C=O) groups excluding carboxylic acids is 1. The number of aromatic nitrogens is 3. The van der Waals surface area contributed by atoms with Gasteiger partial charge in [-0.3, -0.25) is 0 Å². The Kier molecular flexibility index (Phi) is 5.38. The third kappa shape index (κ3) is 4.07. The molecule has 8 nitrogen and oxygen atoms in total. The summed E-state index contributed by atoms with van der Waals surface area (Å²) >= 11 is 0. The van der Waals surface area contributed by atoms with E-state index in [0.717, 1.165) is 41.9 Å². The summed E-state index contributed by atoms with van der Waals surface area (Å²) in [5.74, 6) is 0.973. The first-order valence-corrected chi connectivity index (χ1v) is 9.56. The van der Waals surface area contributed by atoms with Crippen molar-refractivity contribution in [1.82, 2.24) is 19.9 Å². The molecular formula is C20H24N6O2. The maximum absolute atomic E-state index is 12.2. The molecule has 1 aliphatic rings. The minimum absolute atomic E-state index is 0.0376. The molecule has 0 radical (unpaired) electrons. The molecular weight excluding hydrogens is 356 g/mol. The molecule has 0 unspecified atom stereocenters. The first-order valence-electron chi connectivity index (χ1n) is 9.56. The van der Waals surface area contributed by atoms with Gasteiger partial charge in [0.15, 0.2) is 0 Å². The maximum Gasteiger partial charge on any atom is 0.319 e. The lowest BCUT2D eigenvalue weighted by Gasteiger charge is -2.17. The van der Waals surface area contributed by atoms with Crippen molar-refractivity contribution in [2.75, 3.05) is 30.3 Å². The van der Waals surface area contributed by atoms with Crippen LogP contribution in [0.1, 0.15) is 17.7 Å². The summed E-state index contributed by atoms with van der Waals surface area (Å²) in [6, 6.07) is 9.41. The fraction of sp³-hybridized carbons (Fsp3) is 0.350. The number of fused-ring (bicyclic) bond motifs is 2. The number of hydrogen-bond donors (Lipinski definition) is 4. The molecule has 2 aromatic heterocycles. The average molecular weight is 380 g/mol. The highest BCUT2D eigenvalue weighted by Gasteiger charge is 2.11. The molecule has 0 atom stereocenters. The van der Waals surface area contributed by atoms with E-state index in [1.54, 1.807) is 6.33 Å². The summed E-state index contributed by atoms with van der Waals surface area (Å²) < 4.78 is 1.86. The number of carbonyl (C=O) groups is 1. The number of aryl methyl sites for hydroxylation is 1. The Balaban J connectivity index is 1.32. The van der Waals surface area contributed by atoms with Crippen LogP contribution in [0.25, 0.3) is 11.0 Å². The molecule has 3 aromatic rings. The van der Waals surface area contributed by atoms with E-state index in [0.29, 0.717) is 25.2 Å². The zero-order valence-corrected chi connectivity index (χ0v) is 15.6. The van der Waals surface area contributed by atoms with Crippen molar-refractivity contribution in [3.05, 3.63) is 47.9 Å². The molecule has 4 rings (SSSR count). The van der Waals surface area contributed by atoms with Crippen LogP contribution in [0.2, 0.25) is 0 Å². The standard InChI is InChI=1S/C20H24N6O2/c27-11-10-26-13-23-17-6-5-16(12-18(17)26)25-20(28)22-9-7-15-4-3-14-2-1-8-21-19(14)24-15/h3-6,12-13,27H,1-2,7-11H2,(H,21,24)(H2,22,25,28). The quantitative estimate of drug-likeness (QED) is 0.525. The number of urea groups is 1. The smallest absolute Gasteiger partial charge is 0.319 e. The van der Waals surface area contributed by atoms with E-state index in [9.17, 15) is 4.79 Å². The van der Waals surface area contributed by atoms with Crippen molar-refractivity contribution in [3.8, 4) is 0 Å². The highest BCUT2D eigenvalue weighted by molar-refractivity contribution is 5.91. The highest BCUT2D eigenvalue weighted by Crippen LogP contribution is 2.20. The molecule has 0 saturated heterocycles. The van der Waals surface area contributed by atoms with Crippen LogP contribution in [0, 0.1) is 0 Å². The van der Waals surface area contributed by atoms with E-state index in [1.165, 1.54) is 5.56 Å². The Bertz CT molecular complexity index is 984. The number of benzene rings is 1. The van der Waals surface area contributed by atoms with Gasteiger partial charge in [0.05, 0.1) is 24.0 Å². The normalized spacial score (nSPS) is 13.0. The number of aliphatic hydroxyl groups excluding tert-OH is 1. The molecule has 0 aliphatic carbocycles. The highest BCUT2D eigenvalue weighted by atomic mass is 16.3. The molecule has 1 aliphatic heterocycles. The maximum atomic E-state index is 12.2. The largest absolute Gasteiger partial charge is 0.395 e. The molecule has 8 heteroatoms. The lowest BCUT2D eigenvalue weighted by Crippen LogP contribution is -2.30. The fourth-order valence-electron chi connectivity index (χ4n) is 3.41. The van der Waals surface area contributed by atoms with Crippen LogP contribution in [0.5, 0.6) is 0 Å². The Morgan fingerprint density at radius 3 is 3.11 bits per heavy atom. The van der Waals surface area contributed by atoms with E-state index < -0.39 is 0 Å². The molecule has 0 bridgehead atoms. The van der Waals surface area contributed by atoms with Crippen molar-refractivity contribution >= 4 is 28.6 Å². The van der Waals surface area contributed by atoms with E-state index in [1.807, 2.05) is 28.8 Å². The summed E-state index contributed by atoms with van der Waals surface area (Å²) in [6.45, 7) is 1.97. The molecule has 0 spiro atoms. The Morgan fingerprint density at radius 1 is 1.29 bits per heavy atom. The lowest BCUT2D eigenvalue weighted by molar-refractivity contribution is 0.252. The van der Waals surface area contributed by atoms with Gasteiger partial charge in [0, 0.05) is 37.4 Å². The van der Waals surface area contributed by atoms with Crippen molar-refractivity contribution in [2.24, 2.45) is 0 Å². The van der Waals surface area contributed by atoms with Crippen LogP contribution in [0.4, 0.5) is 16.3 Å². The van der Waals surface area contributed by atoms with Gasteiger partial charge in [-0.15, -0.1) is 0 Å². The minimum Gasteiger partial charge on any atom is -0.395 e. The third-order valence-electron chi connectivity index (χ3n) is 4.84. The summed E-state index contributed by atoms with van der Waals surface area (Å²) in [6.07, 6.45) is 4.57. The Labute approximate surface area is 163 Å². The van der Waals surface area contributed by atoms with E-state index >= 15 is 0 Å². The number of nitrogens with zero attached hydrogens (tertiary/aromatic N) is 3. The molecule has 3 heterocycles. The van der Waals surface area contributed by atoms with E-state index in [2.05, 4.69) is 32.0 Å².